The van der Waals surface area contributed by atoms with Gasteiger partial charge in [0.1, 0.15) is 17.6 Å². The summed E-state index contributed by atoms with van der Waals surface area (Å²) in [6.07, 6.45) is 7.11. The van der Waals surface area contributed by atoms with E-state index in [0.29, 0.717) is 12.3 Å². The van der Waals surface area contributed by atoms with Crippen LogP contribution in [-0.4, -0.2) is 41.2 Å². The fraction of sp³-hybridized carbons (Fsp3) is 0.269. The van der Waals surface area contributed by atoms with Crippen molar-refractivity contribution in [2.45, 2.75) is 25.7 Å². The minimum Gasteiger partial charge on any atom is -0.479 e. The first-order valence-electron chi connectivity index (χ1n) is 10.9. The van der Waals surface area contributed by atoms with E-state index >= 15 is 0 Å². The lowest BCUT2D eigenvalue weighted by molar-refractivity contribution is -0.124. The molecule has 3 aromatic rings. The number of amides is 1. The summed E-state index contributed by atoms with van der Waals surface area (Å²) in [6, 6.07) is 17.4. The van der Waals surface area contributed by atoms with E-state index in [2.05, 4.69) is 10.2 Å². The number of nitrogens with one attached hydrogen (secondary N) is 1. The quantitative estimate of drug-likeness (QED) is 0.332. The molecule has 6 nitrogen and oxygen atoms in total. The molecule has 0 atom stereocenters. The van der Waals surface area contributed by atoms with E-state index < -0.39 is 0 Å². The Balaban J connectivity index is 1.35. The summed E-state index contributed by atoms with van der Waals surface area (Å²) < 4.78 is 18.3. The zero-order chi connectivity index (χ0) is 23.5. The van der Waals surface area contributed by atoms with Crippen molar-refractivity contribution in [3.8, 4) is 23.1 Å². The number of H-pyrrole nitrogens is 1. The highest BCUT2D eigenvalue weighted by Gasteiger charge is 2.06. The van der Waals surface area contributed by atoms with Gasteiger partial charge in [0.05, 0.1) is 5.69 Å². The molecule has 0 fully saturated rings. The molecule has 0 aliphatic rings. The molecule has 0 saturated carbocycles. The molecule has 0 unspecified atom stereocenters. The Bertz CT molecular complexity index is 1100. The summed E-state index contributed by atoms with van der Waals surface area (Å²) in [7, 11) is 1.80. The molecule has 1 aromatic heterocycles. The van der Waals surface area contributed by atoms with Crippen LogP contribution < -0.4 is 4.74 Å². The summed E-state index contributed by atoms with van der Waals surface area (Å²) in [5.41, 5.74) is 3.63. The number of nitrogens with zero attached hydrogens (tertiary/aromatic N) is 3. The number of benzene rings is 2. The SMILES string of the molecule is CN(CCCCCc1cc(-c2ccc(F)cc2)n[nH]1)C(=O)/C=C/c1ccc(OCC#N)cc1. The van der Waals surface area contributed by atoms with Gasteiger partial charge in [0.15, 0.2) is 6.61 Å². The topological polar surface area (TPSA) is 82.0 Å². The highest BCUT2D eigenvalue weighted by molar-refractivity contribution is 5.91. The van der Waals surface area contributed by atoms with Crippen LogP contribution in [0.25, 0.3) is 17.3 Å². The summed E-state index contributed by atoms with van der Waals surface area (Å²) in [5, 5.41) is 15.9. The highest BCUT2D eigenvalue weighted by atomic mass is 19.1. The monoisotopic (exact) mass is 446 g/mol. The average molecular weight is 447 g/mol. The second-order valence-electron chi connectivity index (χ2n) is 7.70. The molecule has 0 radical (unpaired) electrons. The van der Waals surface area contributed by atoms with Gasteiger partial charge in [-0.25, -0.2) is 4.39 Å². The lowest BCUT2D eigenvalue weighted by Crippen LogP contribution is -2.25. The molecule has 0 bridgehead atoms. The lowest BCUT2D eigenvalue weighted by atomic mass is 10.1. The fourth-order valence-corrected chi connectivity index (χ4v) is 3.30. The van der Waals surface area contributed by atoms with Crippen molar-refractivity contribution in [3.05, 3.63) is 77.7 Å². The number of aryl methyl sites for hydroxylation is 1. The van der Waals surface area contributed by atoms with Gasteiger partial charge in [0.25, 0.3) is 0 Å². The second kappa shape index (κ2) is 12.2. The normalized spacial score (nSPS) is 10.8. The Kier molecular flexibility index (Phi) is 8.78. The first-order chi connectivity index (χ1) is 16.0. The number of carbonyl (C=O) groups excluding carboxylic acids is 1. The number of aromatic nitrogens is 2. The molecule has 0 aliphatic carbocycles. The van der Waals surface area contributed by atoms with Crippen LogP contribution in [0.2, 0.25) is 0 Å². The standard InChI is InChI=1S/C26H27FN4O2/c1-31(26(32)15-8-20-6-13-24(14-7-20)33-18-16-28)17-4-2-3-5-23-19-25(30-29-23)21-9-11-22(27)12-10-21/h6-15,19H,2-5,17-18H2,1H3,(H,29,30)/b15-8+. The molecule has 0 saturated heterocycles. The van der Waals surface area contributed by atoms with Gasteiger partial charge in [0, 0.05) is 30.9 Å². The number of likely N-dealkylation sites (N-methyl/N-ethyl adjacent to an activating group) is 1. The van der Waals surface area contributed by atoms with Crippen molar-refractivity contribution in [2.24, 2.45) is 0 Å². The number of rotatable bonds is 11. The first kappa shape index (κ1) is 23.7. The average Bonchev–Trinajstić information content (AvgIpc) is 3.31. The number of carbonyl (C=O) groups is 1. The van der Waals surface area contributed by atoms with Gasteiger partial charge >= 0.3 is 0 Å². The van der Waals surface area contributed by atoms with E-state index in [1.807, 2.05) is 24.3 Å². The third-order valence-corrected chi connectivity index (χ3v) is 5.19. The zero-order valence-corrected chi connectivity index (χ0v) is 18.6. The maximum absolute atomic E-state index is 13.1. The van der Waals surface area contributed by atoms with Crippen LogP contribution in [0.5, 0.6) is 5.75 Å². The maximum Gasteiger partial charge on any atom is 0.246 e. The van der Waals surface area contributed by atoms with Crippen LogP contribution in [0, 0.1) is 17.1 Å². The van der Waals surface area contributed by atoms with Gasteiger partial charge in [-0.3, -0.25) is 9.89 Å². The summed E-state index contributed by atoms with van der Waals surface area (Å²) >= 11 is 0. The van der Waals surface area contributed by atoms with Crippen LogP contribution in [0.3, 0.4) is 0 Å². The minimum absolute atomic E-state index is 0.0113. The van der Waals surface area contributed by atoms with E-state index in [1.54, 1.807) is 48.4 Å². The molecule has 3 rings (SSSR count). The molecule has 1 heterocycles. The molecule has 2 aromatic carbocycles. The lowest BCUT2D eigenvalue weighted by Gasteiger charge is -2.14. The number of hydrogen-bond donors (Lipinski definition) is 1. The van der Waals surface area contributed by atoms with E-state index in [-0.39, 0.29) is 18.3 Å². The smallest absolute Gasteiger partial charge is 0.246 e. The molecular formula is C26H27FN4O2. The summed E-state index contributed by atoms with van der Waals surface area (Å²) in [6.45, 7) is 0.700. The van der Waals surface area contributed by atoms with Gasteiger partial charge in [-0.2, -0.15) is 10.4 Å². The zero-order valence-electron chi connectivity index (χ0n) is 18.6. The van der Waals surface area contributed by atoms with E-state index in [1.165, 1.54) is 12.1 Å². The Labute approximate surface area is 193 Å². The van der Waals surface area contributed by atoms with Crippen LogP contribution in [0.15, 0.2) is 60.7 Å². The largest absolute Gasteiger partial charge is 0.479 e. The molecule has 7 heteroatoms. The number of hydrogen-bond acceptors (Lipinski definition) is 4. The van der Waals surface area contributed by atoms with Crippen LogP contribution >= 0.6 is 0 Å². The molecular weight excluding hydrogens is 419 g/mol. The molecule has 0 aliphatic heterocycles. The van der Waals surface area contributed by atoms with Gasteiger partial charge in [0.2, 0.25) is 5.91 Å². The van der Waals surface area contributed by atoms with Gasteiger partial charge < -0.3 is 9.64 Å². The number of nitriles is 1. The number of ether oxygens (including phenoxy) is 1. The van der Waals surface area contributed by atoms with Crippen LogP contribution in [-0.2, 0) is 11.2 Å². The maximum atomic E-state index is 13.1. The van der Waals surface area contributed by atoms with Crippen LogP contribution in [0.4, 0.5) is 4.39 Å². The van der Waals surface area contributed by atoms with Crippen molar-refractivity contribution in [1.29, 1.82) is 5.26 Å². The Morgan fingerprint density at radius 1 is 1.15 bits per heavy atom. The van der Waals surface area contributed by atoms with Crippen LogP contribution in [0.1, 0.15) is 30.5 Å². The highest BCUT2D eigenvalue weighted by Crippen LogP contribution is 2.19. The molecule has 170 valence electrons. The number of halogens is 1. The fourth-order valence-electron chi connectivity index (χ4n) is 3.30. The Hall–Kier alpha value is -3.92. The van der Waals surface area contributed by atoms with Gasteiger partial charge in [-0.05, 0) is 73.4 Å². The predicted molar refractivity (Wildman–Crippen MR) is 126 cm³/mol. The Morgan fingerprint density at radius 2 is 1.91 bits per heavy atom. The molecule has 0 spiro atoms. The van der Waals surface area contributed by atoms with E-state index in [0.717, 1.165) is 48.2 Å². The Morgan fingerprint density at radius 3 is 2.64 bits per heavy atom. The third kappa shape index (κ3) is 7.62. The van der Waals surface area contributed by atoms with Gasteiger partial charge in [-0.1, -0.05) is 18.6 Å². The second-order valence-corrected chi connectivity index (χ2v) is 7.70. The van der Waals surface area contributed by atoms with Crippen molar-refractivity contribution >= 4 is 12.0 Å². The summed E-state index contributed by atoms with van der Waals surface area (Å²) in [4.78, 5) is 14.0. The first-order valence-corrected chi connectivity index (χ1v) is 10.9. The van der Waals surface area contributed by atoms with E-state index in [9.17, 15) is 9.18 Å². The van der Waals surface area contributed by atoms with E-state index in [4.69, 9.17) is 10.00 Å². The number of aromatic amines is 1. The predicted octanol–water partition coefficient (Wildman–Crippen LogP) is 5.00. The molecule has 33 heavy (non-hydrogen) atoms. The summed E-state index contributed by atoms with van der Waals surface area (Å²) in [5.74, 6) is 0.321. The molecule has 1 amide bonds. The number of unbranched alkanes of at least 4 members (excludes halogenated alkanes) is 2. The third-order valence-electron chi connectivity index (χ3n) is 5.19. The minimum atomic E-state index is -0.259. The van der Waals surface area contributed by atoms with Crippen molar-refractivity contribution < 1.29 is 13.9 Å². The van der Waals surface area contributed by atoms with Crippen molar-refractivity contribution in [3.63, 3.8) is 0 Å². The molecule has 1 N–H and O–H groups in total. The van der Waals surface area contributed by atoms with Gasteiger partial charge in [-0.15, -0.1) is 0 Å². The van der Waals surface area contributed by atoms with Crippen molar-refractivity contribution in [1.82, 2.24) is 15.1 Å². The van der Waals surface area contributed by atoms with Crippen molar-refractivity contribution in [2.75, 3.05) is 20.2 Å².